The van der Waals surface area contributed by atoms with E-state index < -0.39 is 27.0 Å². The van der Waals surface area contributed by atoms with E-state index in [9.17, 15) is 22.6 Å². The van der Waals surface area contributed by atoms with Gasteiger partial charge in [0.25, 0.3) is 0 Å². The molecular weight excluding hydrogens is 784 g/mol. The molecular formula is C50H85KO7S. The fourth-order valence-electron chi connectivity index (χ4n) is 7.27. The maximum absolute atomic E-state index is 13.0. The minimum atomic E-state index is -4.82. The SMILES string of the molecule is CCCCCCCCCC/C=C/CCCCCCCCCOC(=O)c1ccc(S(=O)(=O)[O-])cc1C(=O)OCCCCCCCCC/C=C/CCCCCCCCCC.[K+]. The fourth-order valence-corrected chi connectivity index (χ4v) is 7.77. The van der Waals surface area contributed by atoms with E-state index in [0.717, 1.165) is 63.5 Å². The average Bonchev–Trinajstić information content (AvgIpc) is 3.21. The van der Waals surface area contributed by atoms with Crippen LogP contribution >= 0.6 is 0 Å². The van der Waals surface area contributed by atoms with Crippen LogP contribution in [0.1, 0.15) is 253 Å². The van der Waals surface area contributed by atoms with Crippen molar-refractivity contribution in [2.75, 3.05) is 13.2 Å². The zero-order chi connectivity index (χ0) is 42.2. The van der Waals surface area contributed by atoms with Crippen LogP contribution in [0.5, 0.6) is 0 Å². The first-order valence-corrected chi connectivity index (χ1v) is 25.5. The number of hydrogen-bond donors (Lipinski definition) is 0. The van der Waals surface area contributed by atoms with Gasteiger partial charge >= 0.3 is 63.3 Å². The number of hydrogen-bond acceptors (Lipinski definition) is 7. The van der Waals surface area contributed by atoms with Gasteiger partial charge in [-0.3, -0.25) is 0 Å². The Hall–Kier alpha value is -0.814. The average molecular weight is 869 g/mol. The predicted octanol–water partition coefficient (Wildman–Crippen LogP) is 12.3. The molecule has 0 aliphatic heterocycles. The van der Waals surface area contributed by atoms with E-state index in [1.54, 1.807) is 0 Å². The second-order valence-electron chi connectivity index (χ2n) is 16.4. The third kappa shape index (κ3) is 35.4. The molecule has 0 aromatic heterocycles. The first-order valence-electron chi connectivity index (χ1n) is 24.0. The van der Waals surface area contributed by atoms with E-state index in [2.05, 4.69) is 38.2 Å². The molecule has 0 saturated heterocycles. The normalized spacial score (nSPS) is 11.7. The number of allylic oxidation sites excluding steroid dienone is 4. The number of rotatable bonds is 41. The minimum Gasteiger partial charge on any atom is -0.744 e. The van der Waals surface area contributed by atoms with Gasteiger partial charge in [-0.2, -0.15) is 0 Å². The Morgan fingerprint density at radius 1 is 0.458 bits per heavy atom. The van der Waals surface area contributed by atoms with Crippen molar-refractivity contribution >= 4 is 22.1 Å². The maximum Gasteiger partial charge on any atom is 1.00 e. The van der Waals surface area contributed by atoms with Crippen molar-refractivity contribution in [1.29, 1.82) is 0 Å². The summed E-state index contributed by atoms with van der Waals surface area (Å²) in [6.07, 6.45) is 50.8. The van der Waals surface area contributed by atoms with Crippen LogP contribution in [0.3, 0.4) is 0 Å². The van der Waals surface area contributed by atoms with Crippen molar-refractivity contribution in [2.24, 2.45) is 0 Å². The molecule has 9 heteroatoms. The molecule has 1 aromatic carbocycles. The zero-order valence-electron chi connectivity index (χ0n) is 38.3. The first kappa shape index (κ1) is 58.2. The number of ether oxygens (including phenoxy) is 2. The van der Waals surface area contributed by atoms with Crippen LogP contribution in [0.15, 0.2) is 47.4 Å². The van der Waals surface area contributed by atoms with Crippen LogP contribution < -0.4 is 51.4 Å². The third-order valence-corrected chi connectivity index (χ3v) is 11.8. The molecule has 0 unspecified atom stereocenters. The molecule has 0 bridgehead atoms. The second kappa shape index (κ2) is 42.5. The van der Waals surface area contributed by atoms with Gasteiger partial charge < -0.3 is 14.0 Å². The number of carbonyl (C=O) groups is 2. The van der Waals surface area contributed by atoms with Gasteiger partial charge in [-0.05, 0) is 82.4 Å². The summed E-state index contributed by atoms with van der Waals surface area (Å²) in [7, 11) is -4.82. The van der Waals surface area contributed by atoms with Crippen molar-refractivity contribution in [3.05, 3.63) is 53.6 Å². The molecule has 0 radical (unpaired) electrons. The molecule has 59 heavy (non-hydrogen) atoms. The summed E-state index contributed by atoms with van der Waals surface area (Å²) in [5.41, 5.74) is -0.343. The first-order chi connectivity index (χ1) is 28.3. The van der Waals surface area contributed by atoms with Crippen LogP contribution in [0, 0.1) is 0 Å². The van der Waals surface area contributed by atoms with Gasteiger partial charge in [-0.25, -0.2) is 18.0 Å². The molecule has 0 fully saturated rings. The number of carbonyl (C=O) groups excluding carboxylic acids is 2. The Bertz CT molecular complexity index is 1310. The topological polar surface area (TPSA) is 110 Å². The van der Waals surface area contributed by atoms with Gasteiger partial charge in [0.2, 0.25) is 0 Å². The molecule has 7 nitrogen and oxygen atoms in total. The summed E-state index contributed by atoms with van der Waals surface area (Å²) >= 11 is 0. The van der Waals surface area contributed by atoms with Crippen molar-refractivity contribution in [3.63, 3.8) is 0 Å². The van der Waals surface area contributed by atoms with Gasteiger partial charge in [-0.1, -0.05) is 192 Å². The second-order valence-corrected chi connectivity index (χ2v) is 17.8. The summed E-state index contributed by atoms with van der Waals surface area (Å²) in [6, 6.07) is 3.14. The summed E-state index contributed by atoms with van der Waals surface area (Å²) < 4.78 is 45.9. The standard InChI is InChI=1S/C50H86O7S.K/c1-3-5-7-9-11-13-15-17-19-21-23-25-27-29-31-33-35-37-39-43-56-49(51)47-42-41-46(58(53,54)55)45-48(47)50(52)57-44-40-38-36-34-32-30-28-26-24-22-20-18-16-14-12-10-8-6-4-2;/h21-24,41-42,45H,3-20,25-40,43-44H2,1-2H3,(H,53,54,55);/q;+1/p-1/b23-21+,24-22+;. The summed E-state index contributed by atoms with van der Waals surface area (Å²) in [5.74, 6) is -1.55. The number of esters is 2. The van der Waals surface area contributed by atoms with Gasteiger partial charge in [0, 0.05) is 0 Å². The van der Waals surface area contributed by atoms with Gasteiger partial charge in [0.15, 0.2) is 0 Å². The Morgan fingerprint density at radius 3 is 1.07 bits per heavy atom. The maximum atomic E-state index is 13.0. The number of unbranched alkanes of at least 4 members (excludes halogenated alkanes) is 30. The van der Waals surface area contributed by atoms with E-state index in [0.29, 0.717) is 12.8 Å². The molecule has 0 heterocycles. The van der Waals surface area contributed by atoms with E-state index in [1.165, 1.54) is 160 Å². The van der Waals surface area contributed by atoms with Gasteiger partial charge in [0.1, 0.15) is 10.1 Å². The zero-order valence-corrected chi connectivity index (χ0v) is 42.2. The smallest absolute Gasteiger partial charge is 0.744 e. The monoisotopic (exact) mass is 869 g/mol. The van der Waals surface area contributed by atoms with Crippen LogP contribution in [-0.4, -0.2) is 38.1 Å². The Balaban J connectivity index is 0.0000336. The molecule has 334 valence electrons. The van der Waals surface area contributed by atoms with Crippen LogP contribution in [0.4, 0.5) is 0 Å². The quantitative estimate of drug-likeness (QED) is 0.0212. The van der Waals surface area contributed by atoms with Crippen molar-refractivity contribution in [3.8, 4) is 0 Å². The molecule has 0 aliphatic carbocycles. The molecule has 0 spiro atoms. The van der Waals surface area contributed by atoms with E-state index in [4.69, 9.17) is 9.47 Å². The number of benzene rings is 1. The van der Waals surface area contributed by atoms with Gasteiger partial charge in [-0.15, -0.1) is 0 Å². The van der Waals surface area contributed by atoms with Crippen molar-refractivity contribution in [1.82, 2.24) is 0 Å². The Morgan fingerprint density at radius 2 is 0.746 bits per heavy atom. The van der Waals surface area contributed by atoms with Crippen molar-refractivity contribution < 1.29 is 83.4 Å². The van der Waals surface area contributed by atoms with E-state index in [1.807, 2.05) is 0 Å². The van der Waals surface area contributed by atoms with E-state index in [-0.39, 0.29) is 75.7 Å². The Labute approximate surface area is 405 Å². The molecule has 0 aliphatic rings. The van der Waals surface area contributed by atoms with Crippen molar-refractivity contribution in [2.45, 2.75) is 237 Å². The van der Waals surface area contributed by atoms with Crippen LogP contribution in [0.25, 0.3) is 0 Å². The Kier molecular flexibility index (Phi) is 41.9. The molecule has 0 amide bonds. The summed E-state index contributed by atoms with van der Waals surface area (Å²) in [6.45, 7) is 4.88. The molecule has 1 aromatic rings. The molecule has 0 saturated carbocycles. The minimum absolute atomic E-state index is 0. The fraction of sp³-hybridized carbons (Fsp3) is 0.760. The van der Waals surface area contributed by atoms with Crippen LogP contribution in [0.2, 0.25) is 0 Å². The van der Waals surface area contributed by atoms with Gasteiger partial charge in [0.05, 0.1) is 29.2 Å². The predicted molar refractivity (Wildman–Crippen MR) is 242 cm³/mol. The molecule has 0 N–H and O–H groups in total. The molecule has 0 atom stereocenters. The summed E-state index contributed by atoms with van der Waals surface area (Å²) in [4.78, 5) is 25.3. The van der Waals surface area contributed by atoms with E-state index >= 15 is 0 Å². The van der Waals surface area contributed by atoms with Crippen LogP contribution in [-0.2, 0) is 19.6 Å². The molecule has 1 rings (SSSR count). The summed E-state index contributed by atoms with van der Waals surface area (Å²) in [5, 5.41) is 0. The largest absolute Gasteiger partial charge is 1.00 e. The third-order valence-electron chi connectivity index (χ3n) is 11.0.